The minimum atomic E-state index is -4.79. The van der Waals surface area contributed by atoms with E-state index in [2.05, 4.69) is 10.3 Å². The Balaban J connectivity index is 2.04. The monoisotopic (exact) mass is 491 g/mol. The molecule has 1 saturated heterocycles. The second kappa shape index (κ2) is 8.86. The van der Waals surface area contributed by atoms with E-state index >= 15 is 0 Å². The fraction of sp³-hybridized carbons (Fsp3) is 0.400. The number of nitrogens with one attached hydrogen (secondary N) is 2. The van der Waals surface area contributed by atoms with Crippen molar-refractivity contribution in [2.24, 2.45) is 5.14 Å². The van der Waals surface area contributed by atoms with Crippen LogP contribution in [0.25, 0.3) is 0 Å². The summed E-state index contributed by atoms with van der Waals surface area (Å²) < 4.78 is 87.3. The lowest BCUT2D eigenvalue weighted by atomic mass is 10.1. The zero-order valence-electron chi connectivity index (χ0n) is 17.5. The second-order valence-corrected chi connectivity index (χ2v) is 9.44. The van der Waals surface area contributed by atoms with E-state index in [1.807, 2.05) is 0 Å². The van der Waals surface area contributed by atoms with E-state index in [0.717, 1.165) is 6.92 Å². The van der Waals surface area contributed by atoms with E-state index in [0.29, 0.717) is 6.07 Å². The molecule has 1 aliphatic rings. The Hall–Kier alpha value is -2.80. The molecule has 1 atom stereocenters. The van der Waals surface area contributed by atoms with Crippen LogP contribution in [0.3, 0.4) is 0 Å². The molecule has 7 nitrogen and oxygen atoms in total. The SMILES string of the molecule is Cc1nc(N2CCCC(F)(F)CC2)c(C(=O)Nc2cccc(S(=N)(N)=O)c2)cc1C(F)(F)F. The molecule has 1 fully saturated rings. The highest BCUT2D eigenvalue weighted by Crippen LogP contribution is 2.36. The summed E-state index contributed by atoms with van der Waals surface area (Å²) in [5.41, 5.74) is -1.90. The number of alkyl halides is 5. The molecule has 1 aromatic heterocycles. The van der Waals surface area contributed by atoms with Gasteiger partial charge in [0.05, 0.1) is 21.7 Å². The number of rotatable bonds is 4. The number of carbonyl (C=O) groups excluding carboxylic acids is 1. The molecule has 0 spiro atoms. The lowest BCUT2D eigenvalue weighted by Crippen LogP contribution is -2.30. The van der Waals surface area contributed by atoms with Gasteiger partial charge in [0.1, 0.15) is 15.7 Å². The number of aryl methyl sites for hydroxylation is 1. The van der Waals surface area contributed by atoms with Crippen LogP contribution in [0.2, 0.25) is 0 Å². The molecule has 13 heteroatoms. The van der Waals surface area contributed by atoms with Crippen molar-refractivity contribution in [3.05, 3.63) is 47.2 Å². The van der Waals surface area contributed by atoms with Crippen molar-refractivity contribution in [3.63, 3.8) is 0 Å². The van der Waals surface area contributed by atoms with E-state index in [9.17, 15) is 31.0 Å². The first-order chi connectivity index (χ1) is 15.2. The predicted octanol–water partition coefficient (Wildman–Crippen LogP) is 4.57. The number of hydrogen-bond acceptors (Lipinski definition) is 5. The Labute approximate surface area is 187 Å². The summed E-state index contributed by atoms with van der Waals surface area (Å²) in [4.78, 5) is 18.3. The molecule has 180 valence electrons. The van der Waals surface area contributed by atoms with Gasteiger partial charge in [-0.05, 0) is 37.6 Å². The van der Waals surface area contributed by atoms with E-state index in [1.165, 1.54) is 29.2 Å². The van der Waals surface area contributed by atoms with Gasteiger partial charge < -0.3 is 10.2 Å². The number of halogens is 5. The van der Waals surface area contributed by atoms with Crippen LogP contribution in [0.4, 0.5) is 33.5 Å². The normalized spacial score (nSPS) is 18.3. The molecule has 0 bridgehead atoms. The van der Waals surface area contributed by atoms with Gasteiger partial charge >= 0.3 is 6.18 Å². The topological polar surface area (TPSA) is 112 Å². The van der Waals surface area contributed by atoms with Gasteiger partial charge in [0.15, 0.2) is 0 Å². The average molecular weight is 491 g/mol. The smallest absolute Gasteiger partial charge is 0.356 e. The second-order valence-electron chi connectivity index (χ2n) is 7.77. The van der Waals surface area contributed by atoms with Gasteiger partial charge in [-0.25, -0.2) is 27.9 Å². The third kappa shape index (κ3) is 5.96. The van der Waals surface area contributed by atoms with Gasteiger partial charge in [0.25, 0.3) is 5.91 Å². The van der Waals surface area contributed by atoms with Crippen molar-refractivity contribution < 1.29 is 31.0 Å². The molecule has 1 amide bonds. The maximum atomic E-state index is 13.8. The molecule has 4 N–H and O–H groups in total. The molecule has 0 saturated carbocycles. The molecule has 2 heterocycles. The Morgan fingerprint density at radius 3 is 2.58 bits per heavy atom. The number of nitrogens with zero attached hydrogens (tertiary/aromatic N) is 2. The maximum absolute atomic E-state index is 13.8. The van der Waals surface area contributed by atoms with Crippen molar-refractivity contribution in [3.8, 4) is 0 Å². The van der Waals surface area contributed by atoms with Crippen LogP contribution < -0.4 is 15.4 Å². The Bertz CT molecular complexity index is 1170. The quantitative estimate of drug-likeness (QED) is 0.544. The van der Waals surface area contributed by atoms with Gasteiger partial charge in [0, 0.05) is 31.6 Å². The van der Waals surface area contributed by atoms with Gasteiger partial charge in [-0.1, -0.05) is 6.07 Å². The molecule has 1 unspecified atom stereocenters. The first-order valence-corrected chi connectivity index (χ1v) is 11.5. The van der Waals surface area contributed by atoms with Crippen LogP contribution in [-0.2, 0) is 16.1 Å². The van der Waals surface area contributed by atoms with Crippen LogP contribution >= 0.6 is 0 Å². The zero-order chi connectivity index (χ0) is 24.6. The van der Waals surface area contributed by atoms with Gasteiger partial charge in [-0.3, -0.25) is 4.79 Å². The van der Waals surface area contributed by atoms with E-state index in [4.69, 9.17) is 9.92 Å². The minimum Gasteiger partial charge on any atom is -0.356 e. The molecule has 33 heavy (non-hydrogen) atoms. The van der Waals surface area contributed by atoms with Crippen LogP contribution in [-0.4, -0.2) is 34.1 Å². The van der Waals surface area contributed by atoms with E-state index in [-0.39, 0.29) is 48.0 Å². The summed E-state index contributed by atoms with van der Waals surface area (Å²) in [5, 5.41) is 7.68. The van der Waals surface area contributed by atoms with E-state index in [1.54, 1.807) is 0 Å². The highest BCUT2D eigenvalue weighted by Gasteiger charge is 2.37. The molecule has 3 rings (SSSR count). The standard InChI is InChI=1S/C20H22F5N5O2S/c1-12-16(20(23,24)25)11-15(17(28-12)30-8-3-6-19(21,22)7-9-30)18(31)29-13-4-2-5-14(10-13)33(26,27)32/h2,4-5,10-11H,3,6-9H2,1H3,(H,29,31)(H3,26,27,32). The fourth-order valence-corrected chi connectivity index (χ4v) is 4.11. The Kier molecular flexibility index (Phi) is 6.67. The number of carbonyl (C=O) groups is 1. The lowest BCUT2D eigenvalue weighted by molar-refractivity contribution is -0.138. The summed E-state index contributed by atoms with van der Waals surface area (Å²) in [6.07, 6.45) is -5.60. The highest BCUT2D eigenvalue weighted by molar-refractivity contribution is 7.90. The lowest BCUT2D eigenvalue weighted by Gasteiger charge is -2.25. The molecule has 1 aromatic carbocycles. The summed E-state index contributed by atoms with van der Waals surface area (Å²) in [7, 11) is -3.59. The van der Waals surface area contributed by atoms with Crippen LogP contribution in [0.5, 0.6) is 0 Å². The summed E-state index contributed by atoms with van der Waals surface area (Å²) in [6.45, 7) is 1.04. The van der Waals surface area contributed by atoms with Crippen LogP contribution in [0, 0.1) is 11.7 Å². The number of amides is 1. The predicted molar refractivity (Wildman–Crippen MR) is 113 cm³/mol. The number of anilines is 2. The first kappa shape index (κ1) is 24.8. The number of nitrogens with two attached hydrogens (primary N) is 1. The number of aromatic nitrogens is 1. The highest BCUT2D eigenvalue weighted by atomic mass is 32.2. The maximum Gasteiger partial charge on any atom is 0.418 e. The molecule has 2 aromatic rings. The van der Waals surface area contributed by atoms with Crippen molar-refractivity contribution >= 4 is 27.3 Å². The van der Waals surface area contributed by atoms with Crippen molar-refractivity contribution in [1.82, 2.24) is 4.98 Å². The minimum absolute atomic E-state index is 0.0467. The molecular formula is C20H22F5N5O2S. The van der Waals surface area contributed by atoms with E-state index < -0.39 is 45.5 Å². The molecule has 1 aliphatic heterocycles. The van der Waals surface area contributed by atoms with Crippen LogP contribution in [0.1, 0.15) is 40.9 Å². The summed E-state index contributed by atoms with van der Waals surface area (Å²) >= 11 is 0. The number of hydrogen-bond donors (Lipinski definition) is 3. The van der Waals surface area contributed by atoms with Crippen molar-refractivity contribution in [1.29, 1.82) is 4.78 Å². The summed E-state index contributed by atoms with van der Waals surface area (Å²) in [5.74, 6) is -4.01. The van der Waals surface area contributed by atoms with Gasteiger partial charge in [-0.2, -0.15) is 13.2 Å². The van der Waals surface area contributed by atoms with Crippen molar-refractivity contribution in [2.75, 3.05) is 23.3 Å². The first-order valence-electron chi connectivity index (χ1n) is 9.87. The van der Waals surface area contributed by atoms with Crippen LogP contribution in [0.15, 0.2) is 35.2 Å². The van der Waals surface area contributed by atoms with Gasteiger partial charge in [0.2, 0.25) is 5.92 Å². The third-order valence-corrected chi connectivity index (χ3v) is 6.16. The molecule has 0 aliphatic carbocycles. The zero-order valence-corrected chi connectivity index (χ0v) is 18.3. The number of pyridine rings is 1. The molecular weight excluding hydrogens is 469 g/mol. The summed E-state index contributed by atoms with van der Waals surface area (Å²) in [6, 6.07) is 5.88. The number of benzene rings is 1. The third-order valence-electron chi connectivity index (χ3n) is 5.20. The van der Waals surface area contributed by atoms with Gasteiger partial charge in [-0.15, -0.1) is 0 Å². The Morgan fingerprint density at radius 1 is 1.24 bits per heavy atom. The van der Waals surface area contributed by atoms with Crippen molar-refractivity contribution in [2.45, 2.75) is 43.2 Å². The molecule has 0 radical (unpaired) electrons. The fourth-order valence-electron chi connectivity index (χ4n) is 3.52. The Morgan fingerprint density at radius 2 is 1.94 bits per heavy atom. The average Bonchev–Trinajstić information content (AvgIpc) is 2.86. The largest absolute Gasteiger partial charge is 0.418 e.